The number of hydrogen-bond donors (Lipinski definition) is 1. The first-order chi connectivity index (χ1) is 12.2. The molecule has 1 fully saturated rings. The number of benzene rings is 2. The van der Waals surface area contributed by atoms with Crippen molar-refractivity contribution in [2.45, 2.75) is 38.1 Å². The summed E-state index contributed by atoms with van der Waals surface area (Å²) in [7, 11) is 0. The number of carbonyl (C=O) groups excluding carboxylic acids is 1. The number of nitriles is 1. The molecule has 0 spiro atoms. The second kappa shape index (κ2) is 8.34. The number of rotatable bonds is 5. The van der Waals surface area contributed by atoms with Gasteiger partial charge in [0.1, 0.15) is 5.75 Å². The van der Waals surface area contributed by atoms with E-state index < -0.39 is 0 Å². The molecule has 4 heteroatoms. The number of nitrogens with one attached hydrogen (secondary N) is 1. The molecule has 2 aromatic rings. The van der Waals surface area contributed by atoms with Crippen LogP contribution in [0.4, 0.5) is 0 Å². The highest BCUT2D eigenvalue weighted by Crippen LogP contribution is 2.23. The molecule has 3 rings (SSSR count). The van der Waals surface area contributed by atoms with Crippen molar-refractivity contribution in [3.8, 4) is 22.9 Å². The summed E-state index contributed by atoms with van der Waals surface area (Å²) in [5.74, 6) is 0.624. The molecule has 1 aliphatic rings. The van der Waals surface area contributed by atoms with Crippen LogP contribution in [0.25, 0.3) is 11.1 Å². The first-order valence-corrected chi connectivity index (χ1v) is 8.77. The third-order valence-corrected chi connectivity index (χ3v) is 4.54. The predicted octanol–water partition coefficient (Wildman–Crippen LogP) is 4.05. The molecule has 128 valence electrons. The first kappa shape index (κ1) is 17.0. The smallest absolute Gasteiger partial charge is 0.258 e. The summed E-state index contributed by atoms with van der Waals surface area (Å²) in [6, 6.07) is 17.5. The van der Waals surface area contributed by atoms with Gasteiger partial charge in [-0.15, -0.1) is 0 Å². The van der Waals surface area contributed by atoms with Crippen LogP contribution in [-0.2, 0) is 4.79 Å². The minimum absolute atomic E-state index is 0.0483. The molecule has 0 aliphatic heterocycles. The van der Waals surface area contributed by atoms with E-state index in [9.17, 15) is 4.79 Å². The Balaban J connectivity index is 1.51. The summed E-state index contributed by atoms with van der Waals surface area (Å²) in [5, 5.41) is 11.9. The van der Waals surface area contributed by atoms with Crippen LogP contribution in [0.15, 0.2) is 48.5 Å². The van der Waals surface area contributed by atoms with E-state index in [1.165, 1.54) is 19.3 Å². The number of ether oxygens (including phenoxy) is 1. The quantitative estimate of drug-likeness (QED) is 0.897. The van der Waals surface area contributed by atoms with Crippen LogP contribution in [0.5, 0.6) is 5.75 Å². The van der Waals surface area contributed by atoms with E-state index in [1.54, 1.807) is 12.1 Å². The molecule has 2 aromatic carbocycles. The minimum Gasteiger partial charge on any atom is -0.484 e. The largest absolute Gasteiger partial charge is 0.484 e. The van der Waals surface area contributed by atoms with Gasteiger partial charge in [-0.25, -0.2) is 0 Å². The molecule has 1 saturated carbocycles. The molecule has 0 bridgehead atoms. The lowest BCUT2D eigenvalue weighted by atomic mass is 9.95. The SMILES string of the molecule is N#Cc1ccc(-c2ccc(OCC(=O)NC3CCCCC3)cc2)cc1. The Labute approximate surface area is 148 Å². The molecule has 0 atom stereocenters. The van der Waals surface area contributed by atoms with Crippen LogP contribution >= 0.6 is 0 Å². The summed E-state index contributed by atoms with van der Waals surface area (Å²) in [6.45, 7) is 0.0483. The van der Waals surface area contributed by atoms with E-state index in [4.69, 9.17) is 10.00 Å². The van der Waals surface area contributed by atoms with Gasteiger partial charge in [-0.3, -0.25) is 4.79 Å². The minimum atomic E-state index is -0.0527. The van der Waals surface area contributed by atoms with E-state index in [2.05, 4.69) is 11.4 Å². The Morgan fingerprint density at radius 2 is 1.60 bits per heavy atom. The summed E-state index contributed by atoms with van der Waals surface area (Å²) in [4.78, 5) is 12.0. The van der Waals surface area contributed by atoms with Crippen molar-refractivity contribution in [3.63, 3.8) is 0 Å². The second-order valence-electron chi connectivity index (χ2n) is 6.40. The van der Waals surface area contributed by atoms with Gasteiger partial charge in [-0.2, -0.15) is 5.26 Å². The molecule has 0 unspecified atom stereocenters. The Morgan fingerprint density at radius 1 is 1.00 bits per heavy atom. The second-order valence-corrected chi connectivity index (χ2v) is 6.40. The number of amides is 1. The van der Waals surface area contributed by atoms with Gasteiger partial charge in [0.25, 0.3) is 5.91 Å². The van der Waals surface area contributed by atoms with Gasteiger partial charge in [0.15, 0.2) is 6.61 Å². The predicted molar refractivity (Wildman–Crippen MR) is 97.1 cm³/mol. The van der Waals surface area contributed by atoms with Gasteiger partial charge in [0.05, 0.1) is 11.6 Å². The third-order valence-electron chi connectivity index (χ3n) is 4.54. The highest BCUT2D eigenvalue weighted by Gasteiger charge is 2.15. The Bertz CT molecular complexity index is 739. The van der Waals surface area contributed by atoms with Crippen molar-refractivity contribution in [2.24, 2.45) is 0 Å². The zero-order chi connectivity index (χ0) is 17.5. The molecule has 0 saturated heterocycles. The number of carbonyl (C=O) groups is 1. The van der Waals surface area contributed by atoms with Gasteiger partial charge in [0, 0.05) is 6.04 Å². The molecular weight excluding hydrogens is 312 g/mol. The average molecular weight is 334 g/mol. The summed E-state index contributed by atoms with van der Waals surface area (Å²) < 4.78 is 5.58. The average Bonchev–Trinajstić information content (AvgIpc) is 2.68. The van der Waals surface area contributed by atoms with Crippen molar-refractivity contribution in [1.82, 2.24) is 5.32 Å². The van der Waals surface area contributed by atoms with Crippen LogP contribution in [-0.4, -0.2) is 18.6 Å². The van der Waals surface area contributed by atoms with E-state index in [0.717, 1.165) is 24.0 Å². The molecule has 25 heavy (non-hydrogen) atoms. The van der Waals surface area contributed by atoms with Gasteiger partial charge in [0.2, 0.25) is 0 Å². The highest BCUT2D eigenvalue weighted by atomic mass is 16.5. The Hall–Kier alpha value is -2.80. The van der Waals surface area contributed by atoms with Crippen LogP contribution < -0.4 is 10.1 Å². The third kappa shape index (κ3) is 4.84. The summed E-state index contributed by atoms with van der Waals surface area (Å²) in [5.41, 5.74) is 2.73. The highest BCUT2D eigenvalue weighted by molar-refractivity contribution is 5.77. The lowest BCUT2D eigenvalue weighted by Gasteiger charge is -2.22. The van der Waals surface area contributed by atoms with E-state index in [0.29, 0.717) is 17.4 Å². The maximum Gasteiger partial charge on any atom is 0.258 e. The van der Waals surface area contributed by atoms with Crippen molar-refractivity contribution in [1.29, 1.82) is 5.26 Å². The van der Waals surface area contributed by atoms with Crippen molar-refractivity contribution >= 4 is 5.91 Å². The number of nitrogens with zero attached hydrogens (tertiary/aromatic N) is 1. The fourth-order valence-electron chi connectivity index (χ4n) is 3.15. The van der Waals surface area contributed by atoms with Crippen molar-refractivity contribution in [3.05, 3.63) is 54.1 Å². The lowest BCUT2D eigenvalue weighted by Crippen LogP contribution is -2.38. The van der Waals surface area contributed by atoms with Crippen molar-refractivity contribution in [2.75, 3.05) is 6.61 Å². The van der Waals surface area contributed by atoms with E-state index >= 15 is 0 Å². The van der Waals surface area contributed by atoms with Crippen LogP contribution in [0.1, 0.15) is 37.7 Å². The summed E-state index contributed by atoms with van der Waals surface area (Å²) >= 11 is 0. The first-order valence-electron chi connectivity index (χ1n) is 8.77. The van der Waals surface area contributed by atoms with Crippen molar-refractivity contribution < 1.29 is 9.53 Å². The molecule has 1 N–H and O–H groups in total. The number of hydrogen-bond acceptors (Lipinski definition) is 3. The molecule has 4 nitrogen and oxygen atoms in total. The van der Waals surface area contributed by atoms with E-state index in [1.807, 2.05) is 36.4 Å². The zero-order valence-electron chi connectivity index (χ0n) is 14.2. The monoisotopic (exact) mass is 334 g/mol. The Kier molecular flexibility index (Phi) is 5.69. The topological polar surface area (TPSA) is 62.1 Å². The standard InChI is InChI=1S/C21H22N2O2/c22-14-16-6-8-17(9-7-16)18-10-12-20(13-11-18)25-15-21(24)23-19-4-2-1-3-5-19/h6-13,19H,1-5,15H2,(H,23,24). The molecule has 0 heterocycles. The molecular formula is C21H22N2O2. The van der Waals surface area contributed by atoms with Crippen LogP contribution in [0, 0.1) is 11.3 Å². The molecule has 0 aromatic heterocycles. The fourth-order valence-corrected chi connectivity index (χ4v) is 3.15. The normalized spacial score (nSPS) is 14.5. The molecule has 1 aliphatic carbocycles. The zero-order valence-corrected chi connectivity index (χ0v) is 14.2. The van der Waals surface area contributed by atoms with Crippen LogP contribution in [0.2, 0.25) is 0 Å². The Morgan fingerprint density at radius 3 is 2.20 bits per heavy atom. The van der Waals surface area contributed by atoms with E-state index in [-0.39, 0.29) is 12.5 Å². The summed E-state index contributed by atoms with van der Waals surface area (Å²) in [6.07, 6.45) is 5.82. The maximum atomic E-state index is 12.0. The molecule has 0 radical (unpaired) electrons. The maximum absolute atomic E-state index is 12.0. The molecule has 1 amide bonds. The van der Waals surface area contributed by atoms with Crippen LogP contribution in [0.3, 0.4) is 0 Å². The van der Waals surface area contributed by atoms with Gasteiger partial charge in [-0.05, 0) is 48.2 Å². The van der Waals surface area contributed by atoms with Gasteiger partial charge in [-0.1, -0.05) is 43.5 Å². The van der Waals surface area contributed by atoms with Gasteiger partial charge >= 0.3 is 0 Å². The lowest BCUT2D eigenvalue weighted by molar-refractivity contribution is -0.124. The van der Waals surface area contributed by atoms with Gasteiger partial charge < -0.3 is 10.1 Å². The fraction of sp³-hybridized carbons (Fsp3) is 0.333.